The Labute approximate surface area is 144 Å². The van der Waals surface area contributed by atoms with Crippen molar-refractivity contribution in [1.29, 1.82) is 0 Å². The van der Waals surface area contributed by atoms with Gasteiger partial charge in [0.15, 0.2) is 0 Å². The summed E-state index contributed by atoms with van der Waals surface area (Å²) >= 11 is 0. The van der Waals surface area contributed by atoms with Crippen molar-refractivity contribution < 1.29 is 5.11 Å². The maximum absolute atomic E-state index is 10.4. The van der Waals surface area contributed by atoms with Crippen LogP contribution in [0.5, 0.6) is 0 Å². The van der Waals surface area contributed by atoms with Crippen LogP contribution in [0, 0.1) is 0 Å². The number of aromatic nitrogens is 2. The lowest BCUT2D eigenvalue weighted by Gasteiger charge is -2.31. The van der Waals surface area contributed by atoms with Crippen molar-refractivity contribution in [2.75, 3.05) is 19.6 Å². The SMILES string of the molecule is C[C@H](NC[C@H](O)CN1CCc2ccccc2C1)[C@@H](C)n1cccn1. The molecule has 0 bridgehead atoms. The standard InChI is InChI=1S/C19H28N4O/c1-15(16(2)23-10-5-9-21-23)20-12-19(24)14-22-11-8-17-6-3-4-7-18(17)13-22/h3-7,9-10,15-16,19-20,24H,8,11-14H2,1-2H3/t15-,16+,19-/m0/s1. The molecule has 2 aromatic rings. The summed E-state index contributed by atoms with van der Waals surface area (Å²) in [5.41, 5.74) is 2.84. The van der Waals surface area contributed by atoms with Crippen molar-refractivity contribution in [2.45, 2.75) is 45.0 Å². The molecule has 0 spiro atoms. The highest BCUT2D eigenvalue weighted by Gasteiger charge is 2.20. The number of β-amino-alcohol motifs (C(OH)–C–C–N with tert-alkyl or cyclic N) is 1. The minimum absolute atomic E-state index is 0.252. The maximum Gasteiger partial charge on any atom is 0.0791 e. The first-order valence-corrected chi connectivity index (χ1v) is 8.83. The van der Waals surface area contributed by atoms with Gasteiger partial charge in [0.1, 0.15) is 0 Å². The van der Waals surface area contributed by atoms with Crippen LogP contribution in [0.2, 0.25) is 0 Å². The first-order chi connectivity index (χ1) is 11.6. The second-order valence-electron chi connectivity index (χ2n) is 6.83. The Balaban J connectivity index is 1.44. The highest BCUT2D eigenvalue weighted by atomic mass is 16.3. The zero-order valence-electron chi connectivity index (χ0n) is 14.6. The first kappa shape index (κ1) is 17.1. The van der Waals surface area contributed by atoms with Gasteiger partial charge in [-0.2, -0.15) is 5.10 Å². The van der Waals surface area contributed by atoms with Crippen molar-refractivity contribution in [3.63, 3.8) is 0 Å². The number of nitrogens with one attached hydrogen (secondary N) is 1. The van der Waals surface area contributed by atoms with Crippen molar-refractivity contribution in [2.24, 2.45) is 0 Å². The van der Waals surface area contributed by atoms with Crippen LogP contribution in [-0.4, -0.2) is 51.6 Å². The van der Waals surface area contributed by atoms with Crippen molar-refractivity contribution >= 4 is 0 Å². The van der Waals surface area contributed by atoms with Gasteiger partial charge >= 0.3 is 0 Å². The number of hydrogen-bond acceptors (Lipinski definition) is 4. The second kappa shape index (κ2) is 7.92. The van der Waals surface area contributed by atoms with Crippen LogP contribution in [0.15, 0.2) is 42.7 Å². The summed E-state index contributed by atoms with van der Waals surface area (Å²) in [5.74, 6) is 0. The molecule has 1 aliphatic rings. The van der Waals surface area contributed by atoms with Crippen LogP contribution < -0.4 is 5.32 Å². The lowest BCUT2D eigenvalue weighted by Crippen LogP contribution is -2.44. The first-order valence-electron chi connectivity index (χ1n) is 8.83. The van der Waals surface area contributed by atoms with Gasteiger partial charge in [-0.05, 0) is 37.5 Å². The molecule has 0 unspecified atom stereocenters. The van der Waals surface area contributed by atoms with E-state index in [2.05, 4.69) is 53.4 Å². The summed E-state index contributed by atoms with van der Waals surface area (Å²) in [6.45, 7) is 7.55. The van der Waals surface area contributed by atoms with E-state index in [-0.39, 0.29) is 18.2 Å². The van der Waals surface area contributed by atoms with Gasteiger partial charge in [-0.25, -0.2) is 0 Å². The minimum atomic E-state index is -0.359. The maximum atomic E-state index is 10.4. The highest BCUT2D eigenvalue weighted by Crippen LogP contribution is 2.18. The van der Waals surface area contributed by atoms with Crippen molar-refractivity contribution in [3.05, 3.63) is 53.9 Å². The Bertz CT molecular complexity index is 628. The summed E-state index contributed by atoms with van der Waals surface area (Å²) in [7, 11) is 0. The van der Waals surface area contributed by atoms with Crippen LogP contribution in [0.4, 0.5) is 0 Å². The average Bonchev–Trinajstić information content (AvgIpc) is 3.13. The van der Waals surface area contributed by atoms with Crippen LogP contribution in [-0.2, 0) is 13.0 Å². The van der Waals surface area contributed by atoms with Gasteiger partial charge in [0.05, 0.1) is 12.1 Å². The third-order valence-electron chi connectivity index (χ3n) is 5.02. The van der Waals surface area contributed by atoms with Gasteiger partial charge in [-0.15, -0.1) is 0 Å². The van der Waals surface area contributed by atoms with Gasteiger partial charge in [0.25, 0.3) is 0 Å². The molecule has 2 N–H and O–H groups in total. The molecule has 0 radical (unpaired) electrons. The Morgan fingerprint density at radius 3 is 2.75 bits per heavy atom. The van der Waals surface area contributed by atoms with E-state index in [1.807, 2.05) is 16.9 Å². The topological polar surface area (TPSA) is 53.3 Å². The van der Waals surface area contributed by atoms with Gasteiger partial charge in [0, 0.05) is 44.6 Å². The Morgan fingerprint density at radius 1 is 1.21 bits per heavy atom. The minimum Gasteiger partial charge on any atom is -0.390 e. The predicted molar refractivity (Wildman–Crippen MR) is 95.8 cm³/mol. The highest BCUT2D eigenvalue weighted by molar-refractivity contribution is 5.29. The lowest BCUT2D eigenvalue weighted by molar-refractivity contribution is 0.100. The number of benzene rings is 1. The molecule has 5 nitrogen and oxygen atoms in total. The Kier molecular flexibility index (Phi) is 5.66. The molecule has 5 heteroatoms. The molecule has 24 heavy (non-hydrogen) atoms. The molecule has 0 amide bonds. The van der Waals surface area contributed by atoms with Gasteiger partial charge in [-0.3, -0.25) is 9.58 Å². The van der Waals surface area contributed by atoms with Crippen LogP contribution in [0.1, 0.15) is 31.0 Å². The quantitative estimate of drug-likeness (QED) is 0.814. The number of rotatable bonds is 7. The van der Waals surface area contributed by atoms with E-state index in [1.54, 1.807) is 6.20 Å². The third kappa shape index (κ3) is 4.23. The number of fused-ring (bicyclic) bond motifs is 1. The zero-order valence-corrected chi connectivity index (χ0v) is 14.6. The monoisotopic (exact) mass is 328 g/mol. The molecule has 2 heterocycles. The van der Waals surface area contributed by atoms with E-state index < -0.39 is 0 Å². The molecule has 0 aliphatic carbocycles. The lowest BCUT2D eigenvalue weighted by atomic mass is 10.00. The number of nitrogens with zero attached hydrogens (tertiary/aromatic N) is 3. The summed E-state index contributed by atoms with van der Waals surface area (Å²) in [6.07, 6.45) is 4.49. The van der Waals surface area contributed by atoms with E-state index in [9.17, 15) is 5.11 Å². The molecule has 0 saturated carbocycles. The van der Waals surface area contributed by atoms with E-state index in [1.165, 1.54) is 11.1 Å². The fourth-order valence-electron chi connectivity index (χ4n) is 3.32. The normalized spacial score (nSPS) is 18.8. The molecule has 0 fully saturated rings. The number of aliphatic hydroxyl groups is 1. The zero-order chi connectivity index (χ0) is 16.9. The fraction of sp³-hybridized carbons (Fsp3) is 0.526. The molecule has 1 aromatic heterocycles. The van der Waals surface area contributed by atoms with Crippen LogP contribution >= 0.6 is 0 Å². The van der Waals surface area contributed by atoms with E-state index >= 15 is 0 Å². The van der Waals surface area contributed by atoms with Crippen molar-refractivity contribution in [1.82, 2.24) is 20.0 Å². The van der Waals surface area contributed by atoms with Crippen molar-refractivity contribution in [3.8, 4) is 0 Å². The van der Waals surface area contributed by atoms with Crippen LogP contribution in [0.25, 0.3) is 0 Å². The summed E-state index contributed by atoms with van der Waals surface area (Å²) in [6, 6.07) is 11.1. The Morgan fingerprint density at radius 2 is 2.00 bits per heavy atom. The molecule has 3 rings (SSSR count). The van der Waals surface area contributed by atoms with Gasteiger partial charge < -0.3 is 10.4 Å². The fourth-order valence-corrected chi connectivity index (χ4v) is 3.32. The summed E-state index contributed by atoms with van der Waals surface area (Å²) in [4.78, 5) is 2.34. The number of aliphatic hydroxyl groups excluding tert-OH is 1. The van der Waals surface area contributed by atoms with Gasteiger partial charge in [0.2, 0.25) is 0 Å². The summed E-state index contributed by atoms with van der Waals surface area (Å²) in [5, 5.41) is 18.1. The largest absolute Gasteiger partial charge is 0.390 e. The third-order valence-corrected chi connectivity index (χ3v) is 5.02. The number of hydrogen-bond donors (Lipinski definition) is 2. The van der Waals surface area contributed by atoms with Crippen LogP contribution in [0.3, 0.4) is 0 Å². The van der Waals surface area contributed by atoms with E-state index in [0.717, 1.165) is 19.5 Å². The summed E-state index contributed by atoms with van der Waals surface area (Å²) < 4.78 is 1.95. The average molecular weight is 328 g/mol. The molecular formula is C19H28N4O. The molecule has 130 valence electrons. The Hall–Kier alpha value is -1.69. The second-order valence-corrected chi connectivity index (χ2v) is 6.83. The van der Waals surface area contributed by atoms with Gasteiger partial charge in [-0.1, -0.05) is 24.3 Å². The molecule has 1 aromatic carbocycles. The van der Waals surface area contributed by atoms with E-state index in [4.69, 9.17) is 0 Å². The smallest absolute Gasteiger partial charge is 0.0791 e. The molecule has 1 aliphatic heterocycles. The predicted octanol–water partition coefficient (Wildman–Crippen LogP) is 1.84. The molecule has 0 saturated heterocycles. The molecule has 3 atom stereocenters. The molecular weight excluding hydrogens is 300 g/mol. The van der Waals surface area contributed by atoms with E-state index in [0.29, 0.717) is 13.1 Å².